The van der Waals surface area contributed by atoms with E-state index in [4.69, 9.17) is 10.8 Å². The summed E-state index contributed by atoms with van der Waals surface area (Å²) >= 11 is 0. The first-order valence-electron chi connectivity index (χ1n) is 6.16. The van der Waals surface area contributed by atoms with Gasteiger partial charge in [-0.25, -0.2) is 13.2 Å². The summed E-state index contributed by atoms with van der Waals surface area (Å²) in [6.45, 7) is 5.43. The molecule has 0 bridgehead atoms. The Bertz CT molecular complexity index is 623. The Labute approximate surface area is 119 Å². The molecular formula is C13H20N2O4S. The summed E-state index contributed by atoms with van der Waals surface area (Å²) in [6, 6.07) is 3.77. The fraction of sp³-hybridized carbons (Fsp3) is 0.462. The maximum Gasteiger partial charge on any atom is 0.337 e. The monoisotopic (exact) mass is 300 g/mol. The van der Waals surface area contributed by atoms with E-state index in [9.17, 15) is 13.2 Å². The predicted octanol–water partition coefficient (Wildman–Crippen LogP) is 1.78. The molecule has 0 fully saturated rings. The quantitative estimate of drug-likeness (QED) is 0.807. The second-order valence-corrected chi connectivity index (χ2v) is 7.14. The number of benzene rings is 1. The number of nitrogen functional groups attached to an aromatic ring is 1. The summed E-state index contributed by atoms with van der Waals surface area (Å²) in [5, 5.41) is 9.16. The average molecular weight is 300 g/mol. The molecule has 0 spiro atoms. The van der Waals surface area contributed by atoms with Gasteiger partial charge in [0.15, 0.2) is 0 Å². The number of carbonyl (C=O) groups is 1. The Balaban J connectivity index is 3.48. The molecule has 0 aliphatic rings. The topological polar surface area (TPSA) is 101 Å². The van der Waals surface area contributed by atoms with Gasteiger partial charge in [0.1, 0.15) is 0 Å². The second-order valence-electron chi connectivity index (χ2n) is 5.20. The van der Waals surface area contributed by atoms with E-state index >= 15 is 0 Å². The van der Waals surface area contributed by atoms with Gasteiger partial charge in [-0.3, -0.25) is 0 Å². The number of sulfonamides is 1. The lowest BCUT2D eigenvalue weighted by atomic mass is 10.0. The Morgan fingerprint density at radius 2 is 1.95 bits per heavy atom. The van der Waals surface area contributed by atoms with E-state index < -0.39 is 21.5 Å². The maximum absolute atomic E-state index is 12.6. The first-order valence-corrected chi connectivity index (χ1v) is 7.60. The van der Waals surface area contributed by atoms with Crippen molar-refractivity contribution in [3.8, 4) is 0 Å². The molecule has 0 atom stereocenters. The molecule has 0 saturated carbocycles. The van der Waals surface area contributed by atoms with Gasteiger partial charge in [0.2, 0.25) is 10.0 Å². The van der Waals surface area contributed by atoms with Crippen molar-refractivity contribution in [3.05, 3.63) is 23.8 Å². The number of hydrogen-bond acceptors (Lipinski definition) is 4. The van der Waals surface area contributed by atoms with Crippen LogP contribution in [-0.2, 0) is 10.0 Å². The van der Waals surface area contributed by atoms with E-state index in [0.29, 0.717) is 6.42 Å². The van der Waals surface area contributed by atoms with Crippen LogP contribution in [0.15, 0.2) is 23.1 Å². The van der Waals surface area contributed by atoms with E-state index in [1.807, 2.05) is 6.92 Å². The van der Waals surface area contributed by atoms with Crippen molar-refractivity contribution in [2.45, 2.75) is 37.6 Å². The molecule has 20 heavy (non-hydrogen) atoms. The van der Waals surface area contributed by atoms with Crippen molar-refractivity contribution in [3.63, 3.8) is 0 Å². The zero-order valence-corrected chi connectivity index (χ0v) is 12.9. The van der Waals surface area contributed by atoms with Crippen LogP contribution < -0.4 is 5.73 Å². The van der Waals surface area contributed by atoms with E-state index in [2.05, 4.69) is 0 Å². The third kappa shape index (κ3) is 2.94. The Kier molecular flexibility index (Phi) is 4.45. The molecule has 1 aromatic carbocycles. The lowest BCUT2D eigenvalue weighted by molar-refractivity contribution is 0.0692. The minimum Gasteiger partial charge on any atom is -0.478 e. The summed E-state index contributed by atoms with van der Waals surface area (Å²) in [4.78, 5) is 11.0. The SMILES string of the molecule is CCC(C)(C)N(C)S(=O)(=O)c1ccc(N)cc1C(=O)O. The molecular weight excluding hydrogens is 280 g/mol. The number of aromatic carboxylic acids is 1. The number of carboxylic acid groups (broad SMARTS) is 1. The molecule has 0 saturated heterocycles. The molecule has 0 heterocycles. The minimum absolute atomic E-state index is 0.207. The van der Waals surface area contributed by atoms with Crippen LogP contribution in [0.2, 0.25) is 0 Å². The summed E-state index contributed by atoms with van der Waals surface area (Å²) in [5.74, 6) is -1.32. The highest BCUT2D eigenvalue weighted by atomic mass is 32.2. The van der Waals surface area contributed by atoms with Gasteiger partial charge in [0.05, 0.1) is 10.5 Å². The molecule has 0 aromatic heterocycles. The average Bonchev–Trinajstić information content (AvgIpc) is 2.37. The van der Waals surface area contributed by atoms with Gasteiger partial charge in [-0.2, -0.15) is 4.31 Å². The third-order valence-corrected chi connectivity index (χ3v) is 5.72. The molecule has 0 aliphatic carbocycles. The van der Waals surface area contributed by atoms with Gasteiger partial charge in [0.25, 0.3) is 0 Å². The highest BCUT2D eigenvalue weighted by Gasteiger charge is 2.35. The van der Waals surface area contributed by atoms with Crippen LogP contribution in [0.3, 0.4) is 0 Å². The maximum atomic E-state index is 12.6. The van der Waals surface area contributed by atoms with Crippen LogP contribution in [0.1, 0.15) is 37.6 Å². The molecule has 3 N–H and O–H groups in total. The number of nitrogens with two attached hydrogens (primary N) is 1. The predicted molar refractivity (Wildman–Crippen MR) is 77.1 cm³/mol. The van der Waals surface area contributed by atoms with Crippen molar-refractivity contribution in [2.24, 2.45) is 0 Å². The van der Waals surface area contributed by atoms with Gasteiger partial charge in [-0.05, 0) is 38.5 Å². The summed E-state index contributed by atoms with van der Waals surface area (Å²) in [5.41, 5.74) is 4.80. The highest BCUT2D eigenvalue weighted by Crippen LogP contribution is 2.28. The highest BCUT2D eigenvalue weighted by molar-refractivity contribution is 7.89. The van der Waals surface area contributed by atoms with E-state index in [1.165, 1.54) is 23.5 Å². The zero-order chi connectivity index (χ0) is 15.7. The van der Waals surface area contributed by atoms with Crippen LogP contribution in [0.4, 0.5) is 5.69 Å². The fourth-order valence-electron chi connectivity index (χ4n) is 1.64. The van der Waals surface area contributed by atoms with E-state index in [1.54, 1.807) is 13.8 Å². The van der Waals surface area contributed by atoms with Crippen molar-refractivity contribution in [2.75, 3.05) is 12.8 Å². The largest absolute Gasteiger partial charge is 0.478 e. The standard InChI is InChI=1S/C13H20N2O4S/c1-5-13(2,3)15(4)20(18,19)11-7-6-9(14)8-10(11)12(16)17/h6-8H,5,14H2,1-4H3,(H,16,17). The zero-order valence-electron chi connectivity index (χ0n) is 12.0. The molecule has 6 nitrogen and oxygen atoms in total. The second kappa shape index (κ2) is 5.41. The van der Waals surface area contributed by atoms with Gasteiger partial charge in [0, 0.05) is 18.3 Å². The minimum atomic E-state index is -3.90. The number of carboxylic acids is 1. The summed E-state index contributed by atoms with van der Waals surface area (Å²) in [6.07, 6.45) is 0.597. The third-order valence-electron chi connectivity index (χ3n) is 3.59. The molecule has 112 valence electrons. The molecule has 0 aliphatic heterocycles. The number of rotatable bonds is 5. The van der Waals surface area contributed by atoms with Gasteiger partial charge >= 0.3 is 5.97 Å². The van der Waals surface area contributed by atoms with Crippen molar-refractivity contribution >= 4 is 21.7 Å². The van der Waals surface area contributed by atoms with Gasteiger partial charge in [-0.1, -0.05) is 6.92 Å². The Hall–Kier alpha value is -1.60. The summed E-state index contributed by atoms with van der Waals surface area (Å²) in [7, 11) is -2.46. The van der Waals surface area contributed by atoms with Crippen molar-refractivity contribution in [1.82, 2.24) is 4.31 Å². The first-order chi connectivity index (χ1) is 9.04. The van der Waals surface area contributed by atoms with Crippen LogP contribution in [0.25, 0.3) is 0 Å². The van der Waals surface area contributed by atoms with Gasteiger partial charge < -0.3 is 10.8 Å². The molecule has 7 heteroatoms. The van der Waals surface area contributed by atoms with Crippen molar-refractivity contribution in [1.29, 1.82) is 0 Å². The number of hydrogen-bond donors (Lipinski definition) is 2. The van der Waals surface area contributed by atoms with Gasteiger partial charge in [-0.15, -0.1) is 0 Å². The van der Waals surface area contributed by atoms with Crippen LogP contribution in [0, 0.1) is 0 Å². The summed E-state index contributed by atoms with van der Waals surface area (Å²) < 4.78 is 26.4. The molecule has 1 rings (SSSR count). The Morgan fingerprint density at radius 3 is 2.40 bits per heavy atom. The molecule has 1 aromatic rings. The molecule has 0 amide bonds. The number of nitrogens with zero attached hydrogens (tertiary/aromatic N) is 1. The first kappa shape index (κ1) is 16.5. The smallest absolute Gasteiger partial charge is 0.337 e. The van der Waals surface area contributed by atoms with Crippen LogP contribution >= 0.6 is 0 Å². The molecule has 0 unspecified atom stereocenters. The Morgan fingerprint density at radius 1 is 1.40 bits per heavy atom. The van der Waals surface area contributed by atoms with Crippen LogP contribution in [-0.4, -0.2) is 36.4 Å². The van der Waals surface area contributed by atoms with E-state index in [-0.39, 0.29) is 16.1 Å². The number of anilines is 1. The lowest BCUT2D eigenvalue weighted by Gasteiger charge is -2.34. The fourth-order valence-corrected chi connectivity index (χ4v) is 3.37. The van der Waals surface area contributed by atoms with Crippen molar-refractivity contribution < 1.29 is 18.3 Å². The van der Waals surface area contributed by atoms with E-state index in [0.717, 1.165) is 6.07 Å². The normalized spacial score (nSPS) is 12.7. The molecule has 0 radical (unpaired) electrons. The van der Waals surface area contributed by atoms with Crippen LogP contribution in [0.5, 0.6) is 0 Å². The lowest BCUT2D eigenvalue weighted by Crippen LogP contribution is -2.44.